The molecule has 1 heterocycles. The lowest BCUT2D eigenvalue weighted by atomic mass is 10.0. The average Bonchev–Trinajstić information content (AvgIpc) is 2.42. The molecular formula is C14H20BrFN2O2S. The van der Waals surface area contributed by atoms with E-state index in [-0.39, 0.29) is 11.4 Å². The normalized spacial score (nSPS) is 20.7. The maximum Gasteiger partial charge on any atom is 0.246 e. The van der Waals surface area contributed by atoms with Gasteiger partial charge in [-0.25, -0.2) is 12.8 Å². The van der Waals surface area contributed by atoms with E-state index in [0.29, 0.717) is 29.0 Å². The standard InChI is InChI=1S/C14H20BrFN2O2S/c1-10-4-3-5-18(9-10)21(19,20)13-7-12(15)6-11(8-17-2)14(13)16/h6-7,10,17H,3-5,8-9H2,1-2H3. The van der Waals surface area contributed by atoms with Crippen LogP contribution in [0, 0.1) is 11.7 Å². The molecular weight excluding hydrogens is 359 g/mol. The van der Waals surface area contributed by atoms with Crippen LogP contribution in [0.3, 0.4) is 0 Å². The Labute approximate surface area is 133 Å². The first-order valence-corrected chi connectivity index (χ1v) is 9.22. The van der Waals surface area contributed by atoms with Gasteiger partial charge in [0.25, 0.3) is 0 Å². The third kappa shape index (κ3) is 3.64. The zero-order valence-electron chi connectivity index (χ0n) is 12.2. The van der Waals surface area contributed by atoms with Gasteiger partial charge in [-0.1, -0.05) is 22.9 Å². The van der Waals surface area contributed by atoms with Gasteiger partial charge in [-0.05, 0) is 37.9 Å². The van der Waals surface area contributed by atoms with Gasteiger partial charge in [-0.2, -0.15) is 4.31 Å². The van der Waals surface area contributed by atoms with E-state index in [1.54, 1.807) is 13.1 Å². The number of hydrogen-bond donors (Lipinski definition) is 1. The fourth-order valence-electron chi connectivity index (χ4n) is 2.63. The van der Waals surface area contributed by atoms with Crippen molar-refractivity contribution in [2.45, 2.75) is 31.2 Å². The molecule has 118 valence electrons. The summed E-state index contributed by atoms with van der Waals surface area (Å²) in [4.78, 5) is -0.240. The van der Waals surface area contributed by atoms with Crippen molar-refractivity contribution in [3.8, 4) is 0 Å². The highest BCUT2D eigenvalue weighted by molar-refractivity contribution is 9.10. The fraction of sp³-hybridized carbons (Fsp3) is 0.571. The second-order valence-electron chi connectivity index (χ2n) is 5.52. The minimum Gasteiger partial charge on any atom is -0.316 e. The molecule has 1 unspecified atom stereocenters. The third-order valence-corrected chi connectivity index (χ3v) is 6.01. The van der Waals surface area contributed by atoms with Crippen molar-refractivity contribution in [1.82, 2.24) is 9.62 Å². The van der Waals surface area contributed by atoms with Crippen LogP contribution in [0.15, 0.2) is 21.5 Å². The Morgan fingerprint density at radius 2 is 2.19 bits per heavy atom. The van der Waals surface area contributed by atoms with E-state index in [9.17, 15) is 12.8 Å². The number of nitrogens with zero attached hydrogens (tertiary/aromatic N) is 1. The lowest BCUT2D eigenvalue weighted by molar-refractivity contribution is 0.280. The quantitative estimate of drug-likeness (QED) is 0.875. The van der Waals surface area contributed by atoms with Crippen LogP contribution in [0.4, 0.5) is 4.39 Å². The van der Waals surface area contributed by atoms with Crippen molar-refractivity contribution in [2.24, 2.45) is 5.92 Å². The summed E-state index contributed by atoms with van der Waals surface area (Å²) in [6.45, 7) is 3.21. The van der Waals surface area contributed by atoms with E-state index in [2.05, 4.69) is 21.2 Å². The first-order chi connectivity index (χ1) is 9.86. The molecule has 1 aromatic carbocycles. The molecule has 0 saturated carbocycles. The first kappa shape index (κ1) is 16.9. The molecule has 1 N–H and O–H groups in total. The predicted molar refractivity (Wildman–Crippen MR) is 84.0 cm³/mol. The van der Waals surface area contributed by atoms with E-state index in [4.69, 9.17) is 0 Å². The predicted octanol–water partition coefficient (Wildman–Crippen LogP) is 2.73. The second kappa shape index (κ2) is 6.73. The van der Waals surface area contributed by atoms with Crippen LogP contribution in [0.2, 0.25) is 0 Å². The smallest absolute Gasteiger partial charge is 0.246 e. The topological polar surface area (TPSA) is 49.4 Å². The molecule has 1 atom stereocenters. The molecule has 1 aromatic rings. The van der Waals surface area contributed by atoms with Crippen LogP contribution in [0.5, 0.6) is 0 Å². The summed E-state index contributed by atoms with van der Waals surface area (Å²) in [6.07, 6.45) is 1.83. The Morgan fingerprint density at radius 3 is 2.81 bits per heavy atom. The van der Waals surface area contributed by atoms with Crippen LogP contribution in [0.25, 0.3) is 0 Å². The molecule has 0 spiro atoms. The summed E-state index contributed by atoms with van der Waals surface area (Å²) < 4.78 is 41.9. The number of sulfonamides is 1. The monoisotopic (exact) mass is 378 g/mol. The maximum atomic E-state index is 14.5. The molecule has 0 aromatic heterocycles. The second-order valence-corrected chi connectivity index (χ2v) is 8.34. The lowest BCUT2D eigenvalue weighted by Gasteiger charge is -2.30. The fourth-order valence-corrected chi connectivity index (χ4v) is 5.02. The molecule has 2 rings (SSSR count). The minimum atomic E-state index is -3.79. The van der Waals surface area contributed by atoms with Crippen molar-refractivity contribution >= 4 is 26.0 Å². The van der Waals surface area contributed by atoms with Crippen LogP contribution in [-0.4, -0.2) is 32.9 Å². The molecule has 1 aliphatic heterocycles. The van der Waals surface area contributed by atoms with Gasteiger partial charge in [0.1, 0.15) is 10.7 Å². The molecule has 1 saturated heterocycles. The van der Waals surface area contributed by atoms with Crippen molar-refractivity contribution in [3.05, 3.63) is 28.0 Å². The van der Waals surface area contributed by atoms with Gasteiger partial charge in [0, 0.05) is 29.7 Å². The molecule has 0 bridgehead atoms. The van der Waals surface area contributed by atoms with E-state index >= 15 is 0 Å². The number of benzene rings is 1. The zero-order valence-corrected chi connectivity index (χ0v) is 14.6. The highest BCUT2D eigenvalue weighted by atomic mass is 79.9. The summed E-state index contributed by atoms with van der Waals surface area (Å²) in [5.74, 6) is -0.355. The molecule has 0 aliphatic carbocycles. The van der Waals surface area contributed by atoms with Crippen molar-refractivity contribution in [3.63, 3.8) is 0 Å². The number of rotatable bonds is 4. The highest BCUT2D eigenvalue weighted by Crippen LogP contribution is 2.29. The Bertz CT molecular complexity index is 622. The van der Waals surface area contributed by atoms with Gasteiger partial charge in [-0.3, -0.25) is 0 Å². The summed E-state index contributed by atoms with van der Waals surface area (Å²) >= 11 is 3.27. The lowest BCUT2D eigenvalue weighted by Crippen LogP contribution is -2.39. The SMILES string of the molecule is CNCc1cc(Br)cc(S(=O)(=O)N2CCCC(C)C2)c1F. The first-order valence-electron chi connectivity index (χ1n) is 6.99. The molecule has 21 heavy (non-hydrogen) atoms. The summed E-state index contributed by atoms with van der Waals surface area (Å²) in [6, 6.07) is 2.95. The van der Waals surface area contributed by atoms with E-state index < -0.39 is 15.8 Å². The highest BCUT2D eigenvalue weighted by Gasteiger charge is 2.31. The molecule has 7 heteroatoms. The molecule has 0 radical (unpaired) electrons. The van der Waals surface area contributed by atoms with Gasteiger partial charge in [0.15, 0.2) is 0 Å². The largest absolute Gasteiger partial charge is 0.316 e. The van der Waals surface area contributed by atoms with Crippen molar-refractivity contribution in [1.29, 1.82) is 0 Å². The summed E-state index contributed by atoms with van der Waals surface area (Å²) in [7, 11) is -2.09. The summed E-state index contributed by atoms with van der Waals surface area (Å²) in [5.41, 5.74) is 0.343. The van der Waals surface area contributed by atoms with Gasteiger partial charge >= 0.3 is 0 Å². The number of hydrogen-bond acceptors (Lipinski definition) is 3. The molecule has 0 amide bonds. The van der Waals surface area contributed by atoms with Crippen molar-refractivity contribution in [2.75, 3.05) is 20.1 Å². The van der Waals surface area contributed by atoms with Gasteiger partial charge < -0.3 is 5.32 Å². The number of piperidine rings is 1. The number of nitrogens with one attached hydrogen (secondary N) is 1. The Hall–Kier alpha value is -0.500. The Balaban J connectivity index is 2.44. The molecule has 1 aliphatic rings. The third-order valence-electron chi connectivity index (χ3n) is 3.68. The maximum absolute atomic E-state index is 14.5. The zero-order chi connectivity index (χ0) is 15.6. The van der Waals surface area contributed by atoms with Crippen LogP contribution < -0.4 is 5.32 Å². The van der Waals surface area contributed by atoms with Crippen LogP contribution in [-0.2, 0) is 16.6 Å². The Morgan fingerprint density at radius 1 is 1.48 bits per heavy atom. The number of halogens is 2. The van der Waals surface area contributed by atoms with Crippen LogP contribution in [0.1, 0.15) is 25.3 Å². The van der Waals surface area contributed by atoms with Gasteiger partial charge in [-0.15, -0.1) is 0 Å². The van der Waals surface area contributed by atoms with Gasteiger partial charge in [0.2, 0.25) is 10.0 Å². The minimum absolute atomic E-state index is 0.240. The average molecular weight is 379 g/mol. The van der Waals surface area contributed by atoms with E-state index in [1.807, 2.05) is 6.92 Å². The van der Waals surface area contributed by atoms with Crippen LogP contribution >= 0.6 is 15.9 Å². The van der Waals surface area contributed by atoms with Crippen molar-refractivity contribution < 1.29 is 12.8 Å². The molecule has 4 nitrogen and oxygen atoms in total. The summed E-state index contributed by atoms with van der Waals surface area (Å²) in [5, 5.41) is 2.85. The van der Waals surface area contributed by atoms with E-state index in [0.717, 1.165) is 12.8 Å². The molecule has 1 fully saturated rings. The van der Waals surface area contributed by atoms with Gasteiger partial charge in [0.05, 0.1) is 0 Å². The van der Waals surface area contributed by atoms with E-state index in [1.165, 1.54) is 10.4 Å². The Kier molecular flexibility index (Phi) is 5.40.